The predicted molar refractivity (Wildman–Crippen MR) is 95.5 cm³/mol. The minimum atomic E-state index is -0.0533. The first-order valence-corrected chi connectivity index (χ1v) is 9.08. The Balaban J connectivity index is 1.68. The summed E-state index contributed by atoms with van der Waals surface area (Å²) in [7, 11) is 0. The summed E-state index contributed by atoms with van der Waals surface area (Å²) in [5.41, 5.74) is 1.54. The molecule has 4 heteroatoms. The maximum atomic E-state index is 12.8. The van der Waals surface area contributed by atoms with Crippen LogP contribution in [0.3, 0.4) is 0 Å². The van der Waals surface area contributed by atoms with Gasteiger partial charge in [-0.1, -0.05) is 51.1 Å². The number of nitrogens with zero attached hydrogens (tertiary/aromatic N) is 1. The molecule has 0 aromatic heterocycles. The van der Waals surface area contributed by atoms with Gasteiger partial charge in [0.2, 0.25) is 0 Å². The quantitative estimate of drug-likeness (QED) is 0.869. The molecule has 0 radical (unpaired) electrons. The maximum absolute atomic E-state index is 12.8. The lowest BCUT2D eigenvalue weighted by atomic mass is 9.69. The normalized spacial score (nSPS) is 30.3. The van der Waals surface area contributed by atoms with Gasteiger partial charge < -0.3 is 15.3 Å². The van der Waals surface area contributed by atoms with Gasteiger partial charge >= 0.3 is 6.03 Å². The number of nitrogens with one attached hydrogen (secondary N) is 1. The zero-order valence-electron chi connectivity index (χ0n) is 15.1. The van der Waals surface area contributed by atoms with Gasteiger partial charge in [0.25, 0.3) is 0 Å². The van der Waals surface area contributed by atoms with Crippen molar-refractivity contribution in [1.29, 1.82) is 0 Å². The van der Waals surface area contributed by atoms with E-state index in [0.29, 0.717) is 19.0 Å². The number of rotatable bonds is 5. The van der Waals surface area contributed by atoms with Gasteiger partial charge in [-0.15, -0.1) is 0 Å². The summed E-state index contributed by atoms with van der Waals surface area (Å²) >= 11 is 0. The number of fused-ring (bicyclic) bond motifs is 2. The highest BCUT2D eigenvalue weighted by Crippen LogP contribution is 2.65. The van der Waals surface area contributed by atoms with E-state index in [1.54, 1.807) is 4.90 Å². The first-order chi connectivity index (χ1) is 11.4. The third kappa shape index (κ3) is 2.81. The molecule has 24 heavy (non-hydrogen) atoms. The molecule has 3 atom stereocenters. The zero-order chi connectivity index (χ0) is 17.4. The van der Waals surface area contributed by atoms with Crippen LogP contribution in [0.25, 0.3) is 0 Å². The molecule has 132 valence electrons. The second-order valence-electron chi connectivity index (χ2n) is 8.24. The molecule has 0 spiro atoms. The molecule has 2 aliphatic rings. The molecule has 0 aliphatic heterocycles. The SMILES string of the molecule is CC1(C)C2CCC1(C)C(NC(=O)N(CCO)Cc1ccccc1)C2. The molecule has 3 unspecified atom stereocenters. The fourth-order valence-corrected chi connectivity index (χ4v) is 4.84. The number of carbonyl (C=O) groups excluding carboxylic acids is 1. The summed E-state index contributed by atoms with van der Waals surface area (Å²) in [5.74, 6) is 0.702. The molecule has 2 fully saturated rings. The van der Waals surface area contributed by atoms with E-state index >= 15 is 0 Å². The Kier molecular flexibility index (Phi) is 4.60. The molecule has 1 aromatic carbocycles. The van der Waals surface area contributed by atoms with Crippen LogP contribution < -0.4 is 5.32 Å². The number of benzene rings is 1. The highest BCUT2D eigenvalue weighted by Gasteiger charge is 2.61. The number of urea groups is 1. The Labute approximate surface area is 145 Å². The third-order valence-electron chi connectivity index (χ3n) is 6.97. The van der Waals surface area contributed by atoms with Crippen molar-refractivity contribution in [3.8, 4) is 0 Å². The van der Waals surface area contributed by atoms with Crippen molar-refractivity contribution in [2.45, 2.75) is 52.6 Å². The van der Waals surface area contributed by atoms with Gasteiger partial charge in [-0.25, -0.2) is 4.79 Å². The van der Waals surface area contributed by atoms with Crippen LogP contribution in [-0.4, -0.2) is 35.2 Å². The fraction of sp³-hybridized carbons (Fsp3) is 0.650. The lowest BCUT2D eigenvalue weighted by Crippen LogP contribution is -2.51. The Morgan fingerprint density at radius 1 is 1.29 bits per heavy atom. The number of aliphatic hydroxyl groups is 1. The lowest BCUT2D eigenvalue weighted by Gasteiger charge is -2.40. The van der Waals surface area contributed by atoms with Crippen LogP contribution in [-0.2, 0) is 6.54 Å². The summed E-state index contributed by atoms with van der Waals surface area (Å²) in [6, 6.07) is 10.1. The van der Waals surface area contributed by atoms with Gasteiger partial charge in [-0.3, -0.25) is 0 Å². The van der Waals surface area contributed by atoms with Crippen molar-refractivity contribution in [2.75, 3.05) is 13.2 Å². The Morgan fingerprint density at radius 3 is 2.54 bits per heavy atom. The van der Waals surface area contributed by atoms with Gasteiger partial charge in [-0.2, -0.15) is 0 Å². The van der Waals surface area contributed by atoms with E-state index < -0.39 is 0 Å². The number of hydrogen-bond donors (Lipinski definition) is 2. The Morgan fingerprint density at radius 2 is 2.00 bits per heavy atom. The van der Waals surface area contributed by atoms with Crippen LogP contribution >= 0.6 is 0 Å². The first-order valence-electron chi connectivity index (χ1n) is 9.08. The molecule has 4 nitrogen and oxygen atoms in total. The van der Waals surface area contributed by atoms with E-state index in [4.69, 9.17) is 0 Å². The summed E-state index contributed by atoms with van der Waals surface area (Å²) in [5, 5.41) is 12.6. The third-order valence-corrected chi connectivity index (χ3v) is 6.97. The van der Waals surface area contributed by atoms with Crippen molar-refractivity contribution in [3.63, 3.8) is 0 Å². The maximum Gasteiger partial charge on any atom is 0.318 e. The van der Waals surface area contributed by atoms with Crippen molar-refractivity contribution < 1.29 is 9.90 Å². The highest BCUT2D eigenvalue weighted by atomic mass is 16.3. The molecular weight excluding hydrogens is 300 g/mol. The summed E-state index contributed by atoms with van der Waals surface area (Å²) < 4.78 is 0. The van der Waals surface area contributed by atoms with Crippen LogP contribution in [0.2, 0.25) is 0 Å². The predicted octanol–water partition coefficient (Wildman–Crippen LogP) is 3.41. The minimum absolute atomic E-state index is 0.0176. The smallest absolute Gasteiger partial charge is 0.318 e. The van der Waals surface area contributed by atoms with Crippen LogP contribution in [0.4, 0.5) is 4.79 Å². The van der Waals surface area contributed by atoms with Crippen molar-refractivity contribution in [1.82, 2.24) is 10.2 Å². The summed E-state index contributed by atoms with van der Waals surface area (Å²) in [6.45, 7) is 7.91. The van der Waals surface area contributed by atoms with Crippen LogP contribution in [0.1, 0.15) is 45.6 Å². The lowest BCUT2D eigenvalue weighted by molar-refractivity contribution is 0.114. The fourth-order valence-electron chi connectivity index (χ4n) is 4.84. The van der Waals surface area contributed by atoms with Crippen molar-refractivity contribution in [3.05, 3.63) is 35.9 Å². The molecule has 2 saturated carbocycles. The molecule has 2 aliphatic carbocycles. The molecule has 3 rings (SSSR count). The van der Waals surface area contributed by atoms with Gasteiger partial charge in [0.1, 0.15) is 0 Å². The highest BCUT2D eigenvalue weighted by molar-refractivity contribution is 5.74. The van der Waals surface area contributed by atoms with Crippen LogP contribution in [0.5, 0.6) is 0 Å². The Hall–Kier alpha value is -1.55. The summed E-state index contributed by atoms with van der Waals surface area (Å²) in [6.07, 6.45) is 3.54. The van der Waals surface area contributed by atoms with Crippen LogP contribution in [0, 0.1) is 16.7 Å². The molecule has 0 saturated heterocycles. The second-order valence-corrected chi connectivity index (χ2v) is 8.24. The molecule has 2 N–H and O–H groups in total. The zero-order valence-corrected chi connectivity index (χ0v) is 15.1. The number of hydrogen-bond acceptors (Lipinski definition) is 2. The summed E-state index contributed by atoms with van der Waals surface area (Å²) in [4.78, 5) is 14.5. The average molecular weight is 330 g/mol. The molecular formula is C20H30N2O2. The molecule has 2 amide bonds. The molecule has 1 aromatic rings. The molecule has 2 bridgehead atoms. The van der Waals surface area contributed by atoms with E-state index in [1.807, 2.05) is 30.3 Å². The van der Waals surface area contributed by atoms with E-state index in [9.17, 15) is 9.90 Å². The first kappa shape index (κ1) is 17.3. The standard InChI is InChI=1S/C20H30N2O2/c1-19(2)16-9-10-20(19,3)17(13-16)21-18(24)22(11-12-23)14-15-7-5-4-6-8-15/h4-8,16-17,23H,9-14H2,1-3H3,(H,21,24). The Bertz CT molecular complexity index is 587. The van der Waals surface area contributed by atoms with Crippen molar-refractivity contribution in [2.24, 2.45) is 16.7 Å². The number of aliphatic hydroxyl groups excluding tert-OH is 1. The number of amides is 2. The van der Waals surface area contributed by atoms with E-state index in [-0.39, 0.29) is 29.5 Å². The van der Waals surface area contributed by atoms with Crippen molar-refractivity contribution >= 4 is 6.03 Å². The average Bonchev–Trinajstić information content (AvgIpc) is 2.89. The second kappa shape index (κ2) is 6.40. The van der Waals surface area contributed by atoms with Gasteiger partial charge in [0.15, 0.2) is 0 Å². The monoisotopic (exact) mass is 330 g/mol. The van der Waals surface area contributed by atoms with Gasteiger partial charge in [0.05, 0.1) is 6.61 Å². The van der Waals surface area contributed by atoms with E-state index in [0.717, 1.165) is 12.0 Å². The van der Waals surface area contributed by atoms with Gasteiger partial charge in [-0.05, 0) is 41.6 Å². The largest absolute Gasteiger partial charge is 0.395 e. The van der Waals surface area contributed by atoms with E-state index in [1.165, 1.54) is 12.8 Å². The topological polar surface area (TPSA) is 52.6 Å². The number of carbonyl (C=O) groups is 1. The molecule has 0 heterocycles. The van der Waals surface area contributed by atoms with Gasteiger partial charge in [0, 0.05) is 19.1 Å². The van der Waals surface area contributed by atoms with E-state index in [2.05, 4.69) is 26.1 Å². The minimum Gasteiger partial charge on any atom is -0.395 e. The van der Waals surface area contributed by atoms with Crippen LogP contribution in [0.15, 0.2) is 30.3 Å².